The summed E-state index contributed by atoms with van der Waals surface area (Å²) >= 11 is 1.36. The molecule has 2 aromatic carbocycles. The molecule has 3 aromatic rings. The van der Waals surface area contributed by atoms with Crippen LogP contribution in [0, 0.1) is 12.7 Å². The molecular weight excluding hydrogens is 377 g/mol. The van der Waals surface area contributed by atoms with E-state index >= 15 is 0 Å². The highest BCUT2D eigenvalue weighted by molar-refractivity contribution is 7.13. The minimum Gasteiger partial charge on any atom is -0.466 e. The Bertz CT molecular complexity index is 1000. The summed E-state index contributed by atoms with van der Waals surface area (Å²) in [5.41, 5.74) is 6.72. The fraction of sp³-hybridized carbons (Fsp3) is 0.190. The number of aryl methyl sites for hydroxylation is 1. The van der Waals surface area contributed by atoms with Gasteiger partial charge in [-0.05, 0) is 48.2 Å². The lowest BCUT2D eigenvalue weighted by Crippen LogP contribution is -2.07. The topological polar surface area (TPSA) is 63.6 Å². The van der Waals surface area contributed by atoms with Crippen LogP contribution in [-0.4, -0.2) is 23.8 Å². The third-order valence-electron chi connectivity index (χ3n) is 3.95. The first-order valence-corrected chi connectivity index (χ1v) is 9.69. The summed E-state index contributed by atoms with van der Waals surface area (Å²) in [5, 5.41) is 6.57. The smallest absolute Gasteiger partial charge is 0.311 e. The van der Waals surface area contributed by atoms with Crippen LogP contribution in [0.15, 0.2) is 52.9 Å². The Hall–Kier alpha value is -3.06. The van der Waals surface area contributed by atoms with Crippen LogP contribution in [-0.2, 0) is 16.0 Å². The van der Waals surface area contributed by atoms with E-state index in [9.17, 15) is 9.18 Å². The van der Waals surface area contributed by atoms with E-state index in [-0.39, 0.29) is 18.2 Å². The standard InChI is InChI=1S/C21H20FN3O2S/c1-3-27-20(26)11-18-13-28-21(24-18)25-23-12-15-5-4-6-16(9-15)17-8-7-14(2)19(22)10-17/h4-10,12-13H,3,11H2,1-2H3,(H,24,25). The minimum atomic E-state index is -0.299. The number of nitrogens with zero attached hydrogens (tertiary/aromatic N) is 2. The number of esters is 1. The van der Waals surface area contributed by atoms with E-state index in [0.29, 0.717) is 23.0 Å². The number of hydrazone groups is 1. The van der Waals surface area contributed by atoms with Gasteiger partial charge in [-0.3, -0.25) is 10.2 Å². The van der Waals surface area contributed by atoms with E-state index in [4.69, 9.17) is 4.74 Å². The van der Waals surface area contributed by atoms with Gasteiger partial charge in [-0.25, -0.2) is 9.37 Å². The van der Waals surface area contributed by atoms with Gasteiger partial charge in [0, 0.05) is 5.38 Å². The Labute approximate surface area is 166 Å². The molecule has 0 bridgehead atoms. The number of hydrogen-bond donors (Lipinski definition) is 1. The first kappa shape index (κ1) is 19.7. The van der Waals surface area contributed by atoms with Gasteiger partial charge in [-0.1, -0.05) is 30.3 Å². The van der Waals surface area contributed by atoms with Crippen LogP contribution >= 0.6 is 11.3 Å². The highest BCUT2D eigenvalue weighted by atomic mass is 32.1. The second kappa shape index (κ2) is 9.23. The quantitative estimate of drug-likeness (QED) is 0.353. The van der Waals surface area contributed by atoms with Crippen LogP contribution in [0.1, 0.15) is 23.7 Å². The number of nitrogens with one attached hydrogen (secondary N) is 1. The van der Waals surface area contributed by atoms with Gasteiger partial charge in [-0.2, -0.15) is 5.10 Å². The zero-order valence-corrected chi connectivity index (χ0v) is 16.4. The summed E-state index contributed by atoms with van der Waals surface area (Å²) in [6, 6.07) is 12.9. The molecule has 5 nitrogen and oxygen atoms in total. The molecule has 144 valence electrons. The second-order valence-corrected chi connectivity index (χ2v) is 6.94. The van der Waals surface area contributed by atoms with Gasteiger partial charge in [0.25, 0.3) is 0 Å². The number of carbonyl (C=O) groups excluding carboxylic acids is 1. The molecule has 0 spiro atoms. The molecule has 0 aliphatic carbocycles. The van der Waals surface area contributed by atoms with Gasteiger partial charge >= 0.3 is 5.97 Å². The number of anilines is 1. The summed E-state index contributed by atoms with van der Waals surface area (Å²) in [5.74, 6) is -0.521. The molecule has 0 atom stereocenters. The van der Waals surface area contributed by atoms with Crippen molar-refractivity contribution in [2.75, 3.05) is 12.0 Å². The van der Waals surface area contributed by atoms with Gasteiger partial charge in [0.1, 0.15) is 5.82 Å². The maximum atomic E-state index is 13.8. The van der Waals surface area contributed by atoms with Crippen molar-refractivity contribution in [3.63, 3.8) is 0 Å². The normalized spacial score (nSPS) is 11.0. The summed E-state index contributed by atoms with van der Waals surface area (Å²) in [6.45, 7) is 3.86. The summed E-state index contributed by atoms with van der Waals surface area (Å²) < 4.78 is 18.7. The van der Waals surface area contributed by atoms with Crippen molar-refractivity contribution < 1.29 is 13.9 Å². The maximum Gasteiger partial charge on any atom is 0.311 e. The molecule has 1 aromatic heterocycles. The fourth-order valence-corrected chi connectivity index (χ4v) is 3.19. The van der Waals surface area contributed by atoms with Crippen LogP contribution in [0.25, 0.3) is 11.1 Å². The third-order valence-corrected chi connectivity index (χ3v) is 4.74. The molecule has 28 heavy (non-hydrogen) atoms. The van der Waals surface area contributed by atoms with Gasteiger partial charge in [0.05, 0.1) is 24.9 Å². The lowest BCUT2D eigenvalue weighted by Gasteiger charge is -2.04. The van der Waals surface area contributed by atoms with Gasteiger partial charge < -0.3 is 4.74 Å². The largest absolute Gasteiger partial charge is 0.466 e. The van der Waals surface area contributed by atoms with E-state index in [1.165, 1.54) is 17.4 Å². The predicted molar refractivity (Wildman–Crippen MR) is 110 cm³/mol. The lowest BCUT2D eigenvalue weighted by atomic mass is 10.0. The highest BCUT2D eigenvalue weighted by Crippen LogP contribution is 2.22. The number of hydrogen-bond acceptors (Lipinski definition) is 6. The van der Waals surface area contributed by atoms with Gasteiger partial charge in [0.2, 0.25) is 5.13 Å². The average molecular weight is 397 g/mol. The number of benzene rings is 2. The Morgan fingerprint density at radius 2 is 2.11 bits per heavy atom. The molecule has 1 N–H and O–H groups in total. The Morgan fingerprint density at radius 3 is 2.89 bits per heavy atom. The van der Waals surface area contributed by atoms with Crippen LogP contribution in [0.5, 0.6) is 0 Å². The molecule has 0 aliphatic rings. The summed E-state index contributed by atoms with van der Waals surface area (Å²) in [6.07, 6.45) is 1.81. The predicted octanol–water partition coefficient (Wildman–Crippen LogP) is 4.81. The molecular formula is C21H20FN3O2S. The molecule has 0 amide bonds. The van der Waals surface area contributed by atoms with Crippen molar-refractivity contribution in [1.29, 1.82) is 0 Å². The van der Waals surface area contributed by atoms with Crippen LogP contribution in [0.3, 0.4) is 0 Å². The van der Waals surface area contributed by atoms with Crippen molar-refractivity contribution in [2.45, 2.75) is 20.3 Å². The zero-order chi connectivity index (χ0) is 19.9. The fourth-order valence-electron chi connectivity index (χ4n) is 2.53. The summed E-state index contributed by atoms with van der Waals surface area (Å²) in [4.78, 5) is 15.8. The van der Waals surface area contributed by atoms with Crippen molar-refractivity contribution in [3.05, 3.63) is 70.5 Å². The van der Waals surface area contributed by atoms with Gasteiger partial charge in [-0.15, -0.1) is 11.3 Å². The molecule has 7 heteroatoms. The maximum absolute atomic E-state index is 13.8. The molecule has 0 saturated heterocycles. The molecule has 0 saturated carbocycles. The molecule has 1 heterocycles. The van der Waals surface area contributed by atoms with Crippen LogP contribution in [0.2, 0.25) is 0 Å². The number of halogens is 1. The number of carbonyl (C=O) groups is 1. The highest BCUT2D eigenvalue weighted by Gasteiger charge is 2.08. The van der Waals surface area contributed by atoms with E-state index in [0.717, 1.165) is 16.7 Å². The van der Waals surface area contributed by atoms with Crippen LogP contribution in [0.4, 0.5) is 9.52 Å². The van der Waals surface area contributed by atoms with E-state index in [2.05, 4.69) is 15.5 Å². The Kier molecular flexibility index (Phi) is 6.49. The number of rotatable bonds is 7. The minimum absolute atomic E-state index is 0.144. The average Bonchev–Trinajstić information content (AvgIpc) is 3.11. The van der Waals surface area contributed by atoms with Crippen molar-refractivity contribution >= 4 is 28.7 Å². The molecule has 0 aliphatic heterocycles. The molecule has 0 radical (unpaired) electrons. The molecule has 3 rings (SSSR count). The Morgan fingerprint density at radius 1 is 1.29 bits per heavy atom. The lowest BCUT2D eigenvalue weighted by molar-refractivity contribution is -0.142. The first-order valence-electron chi connectivity index (χ1n) is 8.81. The van der Waals surface area contributed by atoms with Crippen LogP contribution < -0.4 is 5.43 Å². The van der Waals surface area contributed by atoms with Crippen molar-refractivity contribution in [2.24, 2.45) is 5.10 Å². The van der Waals surface area contributed by atoms with E-state index < -0.39 is 0 Å². The number of thiazole rings is 1. The van der Waals surface area contributed by atoms with Gasteiger partial charge in [0.15, 0.2) is 0 Å². The second-order valence-electron chi connectivity index (χ2n) is 6.09. The monoisotopic (exact) mass is 397 g/mol. The van der Waals surface area contributed by atoms with Crippen molar-refractivity contribution in [3.8, 4) is 11.1 Å². The SMILES string of the molecule is CCOC(=O)Cc1csc(NN=Cc2cccc(-c3ccc(C)c(F)c3)c2)n1. The van der Waals surface area contributed by atoms with E-state index in [1.54, 1.807) is 31.5 Å². The Balaban J connectivity index is 1.64. The zero-order valence-electron chi connectivity index (χ0n) is 15.6. The summed E-state index contributed by atoms with van der Waals surface area (Å²) in [7, 11) is 0. The molecule has 0 unspecified atom stereocenters. The number of ether oxygens (including phenoxy) is 1. The number of aromatic nitrogens is 1. The van der Waals surface area contributed by atoms with E-state index in [1.807, 2.05) is 30.3 Å². The first-order chi connectivity index (χ1) is 13.5. The van der Waals surface area contributed by atoms with Crippen molar-refractivity contribution in [1.82, 2.24) is 4.98 Å². The molecule has 0 fully saturated rings. The third kappa shape index (κ3) is 5.23.